The molecule has 0 aromatic carbocycles. The van der Waals surface area contributed by atoms with Gasteiger partial charge < -0.3 is 9.84 Å². The van der Waals surface area contributed by atoms with Gasteiger partial charge in [-0.2, -0.15) is 0 Å². The Kier molecular flexibility index (Phi) is 12.2. The Balaban J connectivity index is 3.20. The summed E-state index contributed by atoms with van der Waals surface area (Å²) in [6.07, 6.45) is 12.4. The molecule has 0 spiro atoms. The third kappa shape index (κ3) is 11.6. The summed E-state index contributed by atoms with van der Waals surface area (Å²) < 4.78 is 5.14. The highest BCUT2D eigenvalue weighted by Gasteiger charge is 1.93. The Morgan fingerprint density at radius 1 is 1.06 bits per heavy atom. The molecule has 1 N–H and O–H groups in total. The van der Waals surface area contributed by atoms with Crippen LogP contribution in [0, 0.1) is 0 Å². The van der Waals surface area contributed by atoms with Gasteiger partial charge in [0.2, 0.25) is 0 Å². The van der Waals surface area contributed by atoms with Crippen molar-refractivity contribution in [2.75, 3.05) is 13.2 Å². The van der Waals surface area contributed by atoms with Crippen LogP contribution in [-0.4, -0.2) is 18.3 Å². The van der Waals surface area contributed by atoms with Crippen molar-refractivity contribution in [3.05, 3.63) is 11.8 Å². The molecule has 0 rings (SSSR count). The van der Waals surface area contributed by atoms with Crippen LogP contribution in [0.1, 0.15) is 65.2 Å². The van der Waals surface area contributed by atoms with Crippen LogP contribution in [0.5, 0.6) is 0 Å². The molecule has 0 aliphatic heterocycles. The largest absolute Gasteiger partial charge is 0.499 e. The summed E-state index contributed by atoms with van der Waals surface area (Å²) >= 11 is 0. The van der Waals surface area contributed by atoms with E-state index in [4.69, 9.17) is 9.84 Å². The van der Waals surface area contributed by atoms with E-state index in [-0.39, 0.29) is 6.61 Å². The van der Waals surface area contributed by atoms with Crippen molar-refractivity contribution in [2.24, 2.45) is 0 Å². The molecule has 2 nitrogen and oxygen atoms in total. The fraction of sp³-hybridized carbons (Fsp3) is 0.857. The van der Waals surface area contributed by atoms with Crippen molar-refractivity contribution in [3.8, 4) is 0 Å². The van der Waals surface area contributed by atoms with Gasteiger partial charge in [-0.3, -0.25) is 0 Å². The quantitative estimate of drug-likeness (QED) is 0.427. The minimum absolute atomic E-state index is 0.0984. The summed E-state index contributed by atoms with van der Waals surface area (Å²) in [7, 11) is 0. The van der Waals surface area contributed by atoms with Crippen LogP contribution in [0.25, 0.3) is 0 Å². The molecular formula is C14H28O2. The number of hydrogen-bond donors (Lipinski definition) is 1. The number of aliphatic hydroxyl groups is 1. The molecular weight excluding hydrogens is 200 g/mol. The van der Waals surface area contributed by atoms with E-state index in [9.17, 15) is 0 Å². The maximum atomic E-state index is 8.54. The van der Waals surface area contributed by atoms with Crippen molar-refractivity contribution in [3.63, 3.8) is 0 Å². The molecule has 0 bridgehead atoms. The van der Waals surface area contributed by atoms with Crippen LogP contribution >= 0.6 is 0 Å². The first kappa shape index (κ1) is 15.5. The second-order valence-corrected chi connectivity index (χ2v) is 4.43. The molecule has 0 fully saturated rings. The molecule has 16 heavy (non-hydrogen) atoms. The Labute approximate surface area is 101 Å². The molecule has 2 heteroatoms. The Morgan fingerprint density at radius 3 is 2.31 bits per heavy atom. The molecule has 0 unspecified atom stereocenters. The zero-order chi connectivity index (χ0) is 12.1. The lowest BCUT2D eigenvalue weighted by atomic mass is 10.1. The lowest BCUT2D eigenvalue weighted by Crippen LogP contribution is -1.93. The summed E-state index contributed by atoms with van der Waals surface area (Å²) in [5.41, 5.74) is 1.28. The Bertz CT molecular complexity index is 164. The normalized spacial score (nSPS) is 11.8. The number of unbranched alkanes of at least 4 members (excludes halogenated alkanes) is 6. The number of ether oxygens (including phenoxy) is 1. The van der Waals surface area contributed by atoms with Gasteiger partial charge in [0.05, 0.1) is 12.9 Å². The fourth-order valence-electron chi connectivity index (χ4n) is 1.67. The Morgan fingerprint density at radius 2 is 1.69 bits per heavy atom. The van der Waals surface area contributed by atoms with Crippen molar-refractivity contribution in [1.82, 2.24) is 0 Å². The van der Waals surface area contributed by atoms with Crippen molar-refractivity contribution < 1.29 is 9.84 Å². The van der Waals surface area contributed by atoms with E-state index in [1.807, 2.05) is 0 Å². The molecule has 0 amide bonds. The van der Waals surface area contributed by atoms with E-state index in [2.05, 4.69) is 13.8 Å². The number of allylic oxidation sites excluding steroid dienone is 1. The summed E-state index contributed by atoms with van der Waals surface area (Å²) in [4.78, 5) is 0. The average molecular weight is 228 g/mol. The maximum Gasteiger partial charge on any atom is 0.110 e. The van der Waals surface area contributed by atoms with Crippen LogP contribution in [0.4, 0.5) is 0 Å². The zero-order valence-electron chi connectivity index (χ0n) is 11.0. The average Bonchev–Trinajstić information content (AvgIpc) is 2.28. The predicted molar refractivity (Wildman–Crippen MR) is 69.4 cm³/mol. The first-order valence-electron chi connectivity index (χ1n) is 6.69. The number of hydrogen-bond acceptors (Lipinski definition) is 2. The maximum absolute atomic E-state index is 8.54. The molecule has 0 saturated heterocycles. The third-order valence-corrected chi connectivity index (χ3v) is 2.67. The first-order valence-corrected chi connectivity index (χ1v) is 6.69. The minimum Gasteiger partial charge on any atom is -0.499 e. The fourth-order valence-corrected chi connectivity index (χ4v) is 1.67. The highest BCUT2D eigenvalue weighted by Crippen LogP contribution is 2.11. The van der Waals surface area contributed by atoms with Gasteiger partial charge in [-0.05, 0) is 25.3 Å². The summed E-state index contributed by atoms with van der Waals surface area (Å²) in [6, 6.07) is 0. The van der Waals surface area contributed by atoms with Crippen molar-refractivity contribution >= 4 is 0 Å². The SMILES string of the molecule is CCCCCCCCCC(C)=COCCO. The van der Waals surface area contributed by atoms with Gasteiger partial charge in [0.25, 0.3) is 0 Å². The van der Waals surface area contributed by atoms with Crippen LogP contribution in [0.2, 0.25) is 0 Å². The van der Waals surface area contributed by atoms with Gasteiger partial charge in [0.15, 0.2) is 0 Å². The third-order valence-electron chi connectivity index (χ3n) is 2.67. The van der Waals surface area contributed by atoms with E-state index < -0.39 is 0 Å². The van der Waals surface area contributed by atoms with Crippen LogP contribution in [0.3, 0.4) is 0 Å². The van der Waals surface area contributed by atoms with Crippen molar-refractivity contribution in [1.29, 1.82) is 0 Å². The van der Waals surface area contributed by atoms with E-state index >= 15 is 0 Å². The molecule has 0 aliphatic rings. The van der Waals surface area contributed by atoms with E-state index in [0.29, 0.717) is 6.61 Å². The first-order chi connectivity index (χ1) is 7.81. The second-order valence-electron chi connectivity index (χ2n) is 4.43. The van der Waals surface area contributed by atoms with E-state index in [0.717, 1.165) is 6.42 Å². The minimum atomic E-state index is 0.0984. The molecule has 0 heterocycles. The van der Waals surface area contributed by atoms with Gasteiger partial charge in [-0.25, -0.2) is 0 Å². The van der Waals surface area contributed by atoms with Crippen LogP contribution in [-0.2, 0) is 4.74 Å². The second kappa shape index (κ2) is 12.6. The molecule has 0 aromatic heterocycles. The standard InChI is InChI=1S/C14H28O2/c1-3-4-5-6-7-8-9-10-14(2)13-16-12-11-15/h13,15H,3-12H2,1-2H3. The van der Waals surface area contributed by atoms with Gasteiger partial charge in [-0.15, -0.1) is 0 Å². The lowest BCUT2D eigenvalue weighted by Gasteiger charge is -2.03. The van der Waals surface area contributed by atoms with E-state index in [1.165, 1.54) is 50.5 Å². The molecule has 0 saturated carbocycles. The van der Waals surface area contributed by atoms with Crippen LogP contribution < -0.4 is 0 Å². The zero-order valence-corrected chi connectivity index (χ0v) is 11.0. The van der Waals surface area contributed by atoms with Crippen molar-refractivity contribution in [2.45, 2.75) is 65.2 Å². The topological polar surface area (TPSA) is 29.5 Å². The predicted octanol–water partition coefficient (Wildman–Crippen LogP) is 4.04. The van der Waals surface area contributed by atoms with Crippen LogP contribution in [0.15, 0.2) is 11.8 Å². The summed E-state index contributed by atoms with van der Waals surface area (Å²) in [6.45, 7) is 4.85. The van der Waals surface area contributed by atoms with Gasteiger partial charge in [0, 0.05) is 0 Å². The van der Waals surface area contributed by atoms with Gasteiger partial charge in [0.1, 0.15) is 6.61 Å². The van der Waals surface area contributed by atoms with Gasteiger partial charge in [-0.1, -0.05) is 45.4 Å². The molecule has 0 radical (unpaired) electrons. The number of aliphatic hydroxyl groups excluding tert-OH is 1. The highest BCUT2D eigenvalue weighted by molar-refractivity contribution is 4.92. The lowest BCUT2D eigenvalue weighted by molar-refractivity contribution is 0.164. The smallest absolute Gasteiger partial charge is 0.110 e. The highest BCUT2D eigenvalue weighted by atomic mass is 16.5. The summed E-state index contributed by atoms with van der Waals surface area (Å²) in [5.74, 6) is 0. The summed E-state index contributed by atoms with van der Waals surface area (Å²) in [5, 5.41) is 8.54. The van der Waals surface area contributed by atoms with Gasteiger partial charge >= 0.3 is 0 Å². The number of rotatable bonds is 11. The molecule has 0 aliphatic carbocycles. The molecule has 0 aromatic rings. The molecule has 96 valence electrons. The monoisotopic (exact) mass is 228 g/mol. The Hall–Kier alpha value is -0.500. The molecule has 0 atom stereocenters. The van der Waals surface area contributed by atoms with E-state index in [1.54, 1.807) is 6.26 Å².